The number of rotatable bonds is 13. The van der Waals surface area contributed by atoms with Gasteiger partial charge in [0.15, 0.2) is 0 Å². The number of hydrogen-bond donors (Lipinski definition) is 1. The van der Waals surface area contributed by atoms with E-state index < -0.39 is 0 Å². The summed E-state index contributed by atoms with van der Waals surface area (Å²) in [5.74, 6) is 0.640. The van der Waals surface area contributed by atoms with Crippen LogP contribution in [-0.4, -0.2) is 40.0 Å². The summed E-state index contributed by atoms with van der Waals surface area (Å²) in [6, 6.07) is 10.7. The summed E-state index contributed by atoms with van der Waals surface area (Å²) >= 11 is 0. The highest BCUT2D eigenvalue weighted by Gasteiger charge is 2.09. The Morgan fingerprint density at radius 1 is 1.10 bits per heavy atom. The molecule has 0 aliphatic rings. The highest BCUT2D eigenvalue weighted by molar-refractivity contribution is 5.15. The van der Waals surface area contributed by atoms with Crippen molar-refractivity contribution in [3.05, 3.63) is 35.9 Å². The van der Waals surface area contributed by atoms with Crippen molar-refractivity contribution < 1.29 is 9.47 Å². The van der Waals surface area contributed by atoms with Gasteiger partial charge in [-0.1, -0.05) is 37.3 Å². The van der Waals surface area contributed by atoms with E-state index in [0.717, 1.165) is 52.2 Å². The lowest BCUT2D eigenvalue weighted by molar-refractivity contribution is 0.0935. The van der Waals surface area contributed by atoms with E-state index in [2.05, 4.69) is 42.6 Å². The Hall–Kier alpha value is -0.900. The van der Waals surface area contributed by atoms with Gasteiger partial charge in [-0.25, -0.2) is 0 Å². The van der Waals surface area contributed by atoms with Gasteiger partial charge in [-0.15, -0.1) is 0 Å². The van der Waals surface area contributed by atoms with Crippen LogP contribution in [0, 0.1) is 5.92 Å². The smallest absolute Gasteiger partial charge is 0.0487 e. The fraction of sp³-hybridized carbons (Fsp3) is 0.667. The first-order chi connectivity index (χ1) is 10.4. The zero-order valence-corrected chi connectivity index (χ0v) is 13.6. The van der Waals surface area contributed by atoms with Gasteiger partial charge in [-0.3, -0.25) is 0 Å². The molecule has 1 atom stereocenters. The average Bonchev–Trinajstić information content (AvgIpc) is 2.51. The maximum Gasteiger partial charge on any atom is 0.0487 e. The van der Waals surface area contributed by atoms with Gasteiger partial charge in [0.05, 0.1) is 0 Å². The van der Waals surface area contributed by atoms with Gasteiger partial charge >= 0.3 is 0 Å². The molecule has 0 heterocycles. The molecule has 0 aliphatic carbocycles. The van der Waals surface area contributed by atoms with Gasteiger partial charge in [-0.05, 0) is 50.3 Å². The predicted octanol–water partition coefficient (Wildman–Crippen LogP) is 3.29. The highest BCUT2D eigenvalue weighted by atomic mass is 16.5. The molecule has 1 aromatic carbocycles. The highest BCUT2D eigenvalue weighted by Crippen LogP contribution is 2.12. The van der Waals surface area contributed by atoms with Gasteiger partial charge in [0, 0.05) is 26.9 Å². The lowest BCUT2D eigenvalue weighted by atomic mass is 9.96. The topological polar surface area (TPSA) is 30.5 Å². The van der Waals surface area contributed by atoms with Crippen LogP contribution in [0.5, 0.6) is 0 Å². The molecule has 0 amide bonds. The van der Waals surface area contributed by atoms with Crippen LogP contribution < -0.4 is 5.32 Å². The molecule has 1 N–H and O–H groups in total. The van der Waals surface area contributed by atoms with Gasteiger partial charge in [0.1, 0.15) is 0 Å². The van der Waals surface area contributed by atoms with Gasteiger partial charge in [0.2, 0.25) is 0 Å². The molecule has 0 bridgehead atoms. The van der Waals surface area contributed by atoms with Crippen LogP contribution in [0.3, 0.4) is 0 Å². The lowest BCUT2D eigenvalue weighted by Gasteiger charge is -2.18. The van der Waals surface area contributed by atoms with E-state index in [4.69, 9.17) is 9.47 Å². The van der Waals surface area contributed by atoms with Crippen LogP contribution in [0.15, 0.2) is 30.3 Å². The van der Waals surface area contributed by atoms with Crippen LogP contribution in [0.2, 0.25) is 0 Å². The Balaban J connectivity index is 2.27. The fourth-order valence-corrected chi connectivity index (χ4v) is 2.36. The van der Waals surface area contributed by atoms with E-state index in [9.17, 15) is 0 Å². The first-order valence-corrected chi connectivity index (χ1v) is 8.18. The molecule has 0 aromatic heterocycles. The predicted molar refractivity (Wildman–Crippen MR) is 88.7 cm³/mol. The molecule has 0 aliphatic heterocycles. The third-order valence-electron chi connectivity index (χ3n) is 3.53. The molecule has 0 radical (unpaired) electrons. The molecule has 0 fully saturated rings. The summed E-state index contributed by atoms with van der Waals surface area (Å²) in [7, 11) is 1.73. The zero-order valence-electron chi connectivity index (χ0n) is 13.6. The van der Waals surface area contributed by atoms with Crippen molar-refractivity contribution in [2.45, 2.75) is 32.6 Å². The molecule has 120 valence electrons. The van der Waals surface area contributed by atoms with Crippen molar-refractivity contribution in [2.24, 2.45) is 5.92 Å². The van der Waals surface area contributed by atoms with Crippen molar-refractivity contribution in [1.29, 1.82) is 0 Å². The molecular weight excluding hydrogens is 262 g/mol. The largest absolute Gasteiger partial charge is 0.385 e. The minimum atomic E-state index is 0.640. The minimum absolute atomic E-state index is 0.640. The summed E-state index contributed by atoms with van der Waals surface area (Å²) < 4.78 is 10.7. The van der Waals surface area contributed by atoms with Crippen molar-refractivity contribution in [3.8, 4) is 0 Å². The number of ether oxygens (including phenoxy) is 2. The monoisotopic (exact) mass is 293 g/mol. The standard InChI is InChI=1S/C18H31NO2/c1-3-11-19-16-18(10-14-21-13-7-12-20-2)15-17-8-5-4-6-9-17/h4-6,8-9,18-19H,3,7,10-16H2,1-2H3. The Labute approximate surface area is 130 Å². The van der Waals surface area contributed by atoms with Gasteiger partial charge < -0.3 is 14.8 Å². The van der Waals surface area contributed by atoms with E-state index in [1.807, 2.05) is 0 Å². The van der Waals surface area contributed by atoms with Crippen molar-refractivity contribution in [1.82, 2.24) is 5.32 Å². The Bertz CT molecular complexity index is 329. The Morgan fingerprint density at radius 3 is 2.62 bits per heavy atom. The van der Waals surface area contributed by atoms with Crippen molar-refractivity contribution in [2.75, 3.05) is 40.0 Å². The van der Waals surface area contributed by atoms with E-state index >= 15 is 0 Å². The number of hydrogen-bond acceptors (Lipinski definition) is 3. The second-order valence-corrected chi connectivity index (χ2v) is 5.51. The summed E-state index contributed by atoms with van der Waals surface area (Å²) in [6.07, 6.45) is 4.40. The van der Waals surface area contributed by atoms with E-state index in [1.54, 1.807) is 7.11 Å². The summed E-state index contributed by atoms with van der Waals surface area (Å²) in [6.45, 7) is 6.80. The molecule has 1 rings (SSSR count). The molecular formula is C18H31NO2. The Morgan fingerprint density at radius 2 is 1.90 bits per heavy atom. The molecule has 21 heavy (non-hydrogen) atoms. The summed E-state index contributed by atoms with van der Waals surface area (Å²) in [4.78, 5) is 0. The van der Waals surface area contributed by atoms with Gasteiger partial charge in [-0.2, -0.15) is 0 Å². The lowest BCUT2D eigenvalue weighted by Crippen LogP contribution is -2.26. The fourth-order valence-electron chi connectivity index (χ4n) is 2.36. The Kier molecular flexibility index (Phi) is 11.1. The first-order valence-electron chi connectivity index (χ1n) is 8.18. The van der Waals surface area contributed by atoms with E-state index in [1.165, 1.54) is 12.0 Å². The zero-order chi connectivity index (χ0) is 15.2. The third-order valence-corrected chi connectivity index (χ3v) is 3.53. The summed E-state index contributed by atoms with van der Waals surface area (Å²) in [5, 5.41) is 3.54. The molecule has 0 saturated carbocycles. The van der Waals surface area contributed by atoms with Crippen molar-refractivity contribution in [3.63, 3.8) is 0 Å². The van der Waals surface area contributed by atoms with E-state index in [0.29, 0.717) is 5.92 Å². The molecule has 3 nitrogen and oxygen atoms in total. The molecule has 0 saturated heterocycles. The minimum Gasteiger partial charge on any atom is -0.385 e. The maximum atomic E-state index is 5.70. The summed E-state index contributed by atoms with van der Waals surface area (Å²) in [5.41, 5.74) is 1.42. The number of methoxy groups -OCH3 is 1. The molecule has 0 spiro atoms. The SMILES string of the molecule is CCCNCC(CCOCCCOC)Cc1ccccc1. The third kappa shape index (κ3) is 9.62. The van der Waals surface area contributed by atoms with Crippen LogP contribution >= 0.6 is 0 Å². The molecule has 1 unspecified atom stereocenters. The molecule has 1 aromatic rings. The number of nitrogens with one attached hydrogen (secondary N) is 1. The quantitative estimate of drug-likeness (QED) is 0.566. The van der Waals surface area contributed by atoms with E-state index in [-0.39, 0.29) is 0 Å². The molecule has 3 heteroatoms. The average molecular weight is 293 g/mol. The van der Waals surface area contributed by atoms with Gasteiger partial charge in [0.25, 0.3) is 0 Å². The van der Waals surface area contributed by atoms with Crippen LogP contribution in [0.1, 0.15) is 31.7 Å². The first kappa shape index (κ1) is 18.1. The van der Waals surface area contributed by atoms with Crippen LogP contribution in [0.4, 0.5) is 0 Å². The van der Waals surface area contributed by atoms with Crippen molar-refractivity contribution >= 4 is 0 Å². The second kappa shape index (κ2) is 12.8. The van der Waals surface area contributed by atoms with Crippen LogP contribution in [0.25, 0.3) is 0 Å². The normalized spacial score (nSPS) is 12.5. The maximum absolute atomic E-state index is 5.70. The van der Waals surface area contributed by atoms with Crippen LogP contribution in [-0.2, 0) is 15.9 Å². The number of benzene rings is 1. The second-order valence-electron chi connectivity index (χ2n) is 5.51.